The van der Waals surface area contributed by atoms with Crippen LogP contribution in [-0.4, -0.2) is 46.8 Å². The number of carbonyl (C=O) groups is 3. The fourth-order valence-corrected chi connectivity index (χ4v) is 3.35. The van der Waals surface area contributed by atoms with Crippen LogP contribution in [0.2, 0.25) is 0 Å². The first-order chi connectivity index (χ1) is 13.0. The molecule has 2 aromatic rings. The van der Waals surface area contributed by atoms with E-state index in [9.17, 15) is 14.4 Å². The van der Waals surface area contributed by atoms with Gasteiger partial charge >= 0.3 is 0 Å². The second-order valence-corrected chi connectivity index (χ2v) is 6.47. The molecule has 27 heavy (non-hydrogen) atoms. The molecule has 2 aliphatic rings. The minimum atomic E-state index is -0.637. The van der Waals surface area contributed by atoms with Crippen molar-refractivity contribution in [3.8, 4) is 5.75 Å². The Kier molecular flexibility index (Phi) is 4.02. The van der Waals surface area contributed by atoms with Crippen molar-refractivity contribution in [3.05, 3.63) is 47.5 Å². The van der Waals surface area contributed by atoms with E-state index in [1.165, 1.54) is 9.80 Å². The fourth-order valence-electron chi connectivity index (χ4n) is 3.35. The zero-order valence-corrected chi connectivity index (χ0v) is 14.7. The standard InChI is InChI=1S/C19H18N4O4/c1-11-17(24)22(16-14(27-11)7-8-15(20)21-16)9-4-10-23-18(25)12-5-2-3-6-13(12)19(23)26/h2-3,5-8,11H,4,9-10H2,1H3,(H2,20,21). The maximum absolute atomic E-state index is 12.5. The molecular weight excluding hydrogens is 348 g/mol. The lowest BCUT2D eigenvalue weighted by molar-refractivity contribution is -0.125. The monoisotopic (exact) mass is 366 g/mol. The molecule has 3 amide bonds. The fraction of sp³-hybridized carbons (Fsp3) is 0.263. The summed E-state index contributed by atoms with van der Waals surface area (Å²) in [6, 6.07) is 10.0. The SMILES string of the molecule is CC1Oc2ccc(N)nc2N(CCCN2C(=O)c3ccccc3C2=O)C1=O. The van der Waals surface area contributed by atoms with Crippen molar-refractivity contribution in [1.82, 2.24) is 9.88 Å². The molecule has 0 spiro atoms. The summed E-state index contributed by atoms with van der Waals surface area (Å²) in [5.41, 5.74) is 6.57. The van der Waals surface area contributed by atoms with Crippen LogP contribution in [0.5, 0.6) is 5.75 Å². The molecular formula is C19H18N4O4. The van der Waals surface area contributed by atoms with Crippen molar-refractivity contribution in [1.29, 1.82) is 0 Å². The van der Waals surface area contributed by atoms with E-state index in [2.05, 4.69) is 4.98 Å². The molecule has 4 rings (SSSR count). The average molecular weight is 366 g/mol. The van der Waals surface area contributed by atoms with E-state index in [1.54, 1.807) is 43.3 Å². The Bertz CT molecular complexity index is 923. The quantitative estimate of drug-likeness (QED) is 0.821. The molecule has 1 unspecified atom stereocenters. The zero-order chi connectivity index (χ0) is 19.1. The highest BCUT2D eigenvalue weighted by Gasteiger charge is 2.36. The van der Waals surface area contributed by atoms with Gasteiger partial charge in [-0.05, 0) is 37.6 Å². The van der Waals surface area contributed by atoms with Gasteiger partial charge in [0.15, 0.2) is 17.7 Å². The lowest BCUT2D eigenvalue weighted by Gasteiger charge is -2.32. The molecule has 8 nitrogen and oxygen atoms in total. The summed E-state index contributed by atoms with van der Waals surface area (Å²) in [7, 11) is 0. The summed E-state index contributed by atoms with van der Waals surface area (Å²) in [4.78, 5) is 44.3. The molecule has 8 heteroatoms. The number of amides is 3. The summed E-state index contributed by atoms with van der Waals surface area (Å²) in [5.74, 6) is 0.283. The van der Waals surface area contributed by atoms with Crippen molar-refractivity contribution >= 4 is 29.4 Å². The minimum Gasteiger partial charge on any atom is -0.477 e. The molecule has 1 atom stereocenters. The molecule has 0 fully saturated rings. The molecule has 2 N–H and O–H groups in total. The van der Waals surface area contributed by atoms with Gasteiger partial charge in [-0.25, -0.2) is 4.98 Å². The summed E-state index contributed by atoms with van der Waals surface area (Å²) >= 11 is 0. The number of carbonyl (C=O) groups excluding carboxylic acids is 3. The third kappa shape index (κ3) is 2.79. The van der Waals surface area contributed by atoms with Gasteiger partial charge in [0.2, 0.25) is 0 Å². The molecule has 1 aromatic heterocycles. The number of aromatic nitrogens is 1. The van der Waals surface area contributed by atoms with E-state index in [-0.39, 0.29) is 30.1 Å². The van der Waals surface area contributed by atoms with Gasteiger partial charge in [0.05, 0.1) is 11.1 Å². The Morgan fingerprint density at radius 3 is 2.30 bits per heavy atom. The highest BCUT2D eigenvalue weighted by Crippen LogP contribution is 2.33. The number of nitrogen functional groups attached to an aromatic ring is 1. The van der Waals surface area contributed by atoms with Crippen LogP contribution >= 0.6 is 0 Å². The van der Waals surface area contributed by atoms with Crippen LogP contribution in [0.15, 0.2) is 36.4 Å². The average Bonchev–Trinajstić information content (AvgIpc) is 2.90. The highest BCUT2D eigenvalue weighted by atomic mass is 16.5. The summed E-state index contributed by atoms with van der Waals surface area (Å²) in [6.07, 6.45) is -0.220. The van der Waals surface area contributed by atoms with Crippen LogP contribution in [0, 0.1) is 0 Å². The summed E-state index contributed by atoms with van der Waals surface area (Å²) in [6.45, 7) is 2.17. The number of hydrogen-bond donors (Lipinski definition) is 1. The van der Waals surface area contributed by atoms with Crippen LogP contribution in [-0.2, 0) is 4.79 Å². The van der Waals surface area contributed by atoms with E-state index in [1.807, 2.05) is 0 Å². The normalized spacial score (nSPS) is 18.4. The molecule has 0 saturated heterocycles. The number of nitrogens with zero attached hydrogens (tertiary/aromatic N) is 3. The number of hydrogen-bond acceptors (Lipinski definition) is 6. The van der Waals surface area contributed by atoms with Gasteiger partial charge in [0.1, 0.15) is 5.82 Å². The molecule has 138 valence electrons. The van der Waals surface area contributed by atoms with Gasteiger partial charge in [0, 0.05) is 13.1 Å². The van der Waals surface area contributed by atoms with Crippen molar-refractivity contribution in [2.45, 2.75) is 19.4 Å². The minimum absolute atomic E-state index is 0.211. The summed E-state index contributed by atoms with van der Waals surface area (Å²) in [5, 5.41) is 0. The van der Waals surface area contributed by atoms with Gasteiger partial charge in [0.25, 0.3) is 17.7 Å². The third-order valence-corrected chi connectivity index (χ3v) is 4.68. The second-order valence-electron chi connectivity index (χ2n) is 6.47. The molecule has 1 aromatic carbocycles. The predicted octanol–water partition coefficient (Wildman–Crippen LogP) is 1.46. The number of fused-ring (bicyclic) bond motifs is 2. The van der Waals surface area contributed by atoms with Crippen LogP contribution in [0.3, 0.4) is 0 Å². The smallest absolute Gasteiger partial charge is 0.269 e. The number of imide groups is 1. The zero-order valence-electron chi connectivity index (χ0n) is 14.7. The molecule has 2 aliphatic heterocycles. The van der Waals surface area contributed by atoms with Crippen molar-refractivity contribution in [2.75, 3.05) is 23.7 Å². The number of nitrogens with two attached hydrogens (primary N) is 1. The lowest BCUT2D eigenvalue weighted by atomic mass is 10.1. The van der Waals surface area contributed by atoms with E-state index in [4.69, 9.17) is 10.5 Å². The van der Waals surface area contributed by atoms with Crippen molar-refractivity contribution in [3.63, 3.8) is 0 Å². The number of pyridine rings is 1. The Balaban J connectivity index is 1.48. The molecule has 0 radical (unpaired) electrons. The first kappa shape index (κ1) is 17.0. The van der Waals surface area contributed by atoms with Gasteiger partial charge in [-0.3, -0.25) is 24.2 Å². The van der Waals surface area contributed by atoms with Crippen molar-refractivity contribution in [2.24, 2.45) is 0 Å². The predicted molar refractivity (Wildman–Crippen MR) is 97.5 cm³/mol. The van der Waals surface area contributed by atoms with E-state index in [0.717, 1.165) is 0 Å². The second kappa shape index (κ2) is 6.39. The Labute approximate surface area is 155 Å². The Morgan fingerprint density at radius 1 is 1.00 bits per heavy atom. The van der Waals surface area contributed by atoms with Crippen LogP contribution in [0.1, 0.15) is 34.1 Å². The molecule has 3 heterocycles. The molecule has 0 bridgehead atoms. The Hall–Kier alpha value is -3.42. The van der Waals surface area contributed by atoms with Gasteiger partial charge in [-0.15, -0.1) is 0 Å². The topological polar surface area (TPSA) is 106 Å². The van der Waals surface area contributed by atoms with Crippen LogP contribution < -0.4 is 15.4 Å². The largest absolute Gasteiger partial charge is 0.477 e. The number of ether oxygens (including phenoxy) is 1. The van der Waals surface area contributed by atoms with Crippen LogP contribution in [0.4, 0.5) is 11.6 Å². The highest BCUT2D eigenvalue weighted by molar-refractivity contribution is 6.21. The molecule has 0 aliphatic carbocycles. The maximum Gasteiger partial charge on any atom is 0.269 e. The van der Waals surface area contributed by atoms with Gasteiger partial charge < -0.3 is 10.5 Å². The number of benzene rings is 1. The van der Waals surface area contributed by atoms with E-state index < -0.39 is 6.10 Å². The maximum atomic E-state index is 12.5. The molecule has 0 saturated carbocycles. The first-order valence-electron chi connectivity index (χ1n) is 8.67. The first-order valence-corrected chi connectivity index (χ1v) is 8.67. The summed E-state index contributed by atoms with van der Waals surface area (Å²) < 4.78 is 5.56. The third-order valence-electron chi connectivity index (χ3n) is 4.68. The number of rotatable bonds is 4. The lowest BCUT2D eigenvalue weighted by Crippen LogP contribution is -2.46. The number of anilines is 2. The van der Waals surface area contributed by atoms with Crippen LogP contribution in [0.25, 0.3) is 0 Å². The Morgan fingerprint density at radius 2 is 1.63 bits per heavy atom. The van der Waals surface area contributed by atoms with Gasteiger partial charge in [-0.2, -0.15) is 0 Å². The van der Waals surface area contributed by atoms with Gasteiger partial charge in [-0.1, -0.05) is 12.1 Å². The van der Waals surface area contributed by atoms with E-state index >= 15 is 0 Å². The van der Waals surface area contributed by atoms with Crippen molar-refractivity contribution < 1.29 is 19.1 Å². The van der Waals surface area contributed by atoms with E-state index in [0.29, 0.717) is 35.7 Å².